The molecule has 0 N–H and O–H groups in total. The maximum absolute atomic E-state index is 3.92. The molecule has 1 aromatic heterocycles. The van der Waals surface area contributed by atoms with Gasteiger partial charge in [-0.3, -0.25) is 0 Å². The molecular formula is C10H16N2. The Hall–Kier alpha value is -0.920. The Kier molecular flexibility index (Phi) is 2.46. The minimum absolute atomic E-state index is 0.329. The number of nitrogens with zero attached hydrogens (tertiary/aromatic N) is 2. The van der Waals surface area contributed by atoms with E-state index in [0.717, 1.165) is 12.1 Å². The molecule has 1 aromatic rings. The highest BCUT2D eigenvalue weighted by Crippen LogP contribution is 2.19. The van der Waals surface area contributed by atoms with Gasteiger partial charge in [0.05, 0.1) is 11.9 Å². The van der Waals surface area contributed by atoms with Crippen molar-refractivity contribution in [2.45, 2.75) is 34.1 Å². The fraction of sp³-hybridized carbons (Fsp3) is 0.600. The van der Waals surface area contributed by atoms with E-state index >= 15 is 0 Å². The standard InChI is InChI=1S/C10H16N2/c1-8-5-9(7-11-12-8)6-10(2,3)4/h5,7H,6H2,1-4H3. The van der Waals surface area contributed by atoms with Crippen LogP contribution in [0.15, 0.2) is 12.3 Å². The van der Waals surface area contributed by atoms with E-state index in [2.05, 4.69) is 37.0 Å². The highest BCUT2D eigenvalue weighted by molar-refractivity contribution is 5.12. The quantitative estimate of drug-likeness (QED) is 0.637. The molecule has 0 saturated carbocycles. The molecule has 0 spiro atoms. The molecule has 12 heavy (non-hydrogen) atoms. The number of rotatable bonds is 1. The van der Waals surface area contributed by atoms with Gasteiger partial charge in [-0.2, -0.15) is 10.2 Å². The van der Waals surface area contributed by atoms with Crippen LogP contribution in [-0.4, -0.2) is 10.2 Å². The summed E-state index contributed by atoms with van der Waals surface area (Å²) in [6.45, 7) is 8.65. The Bertz CT molecular complexity index is 261. The van der Waals surface area contributed by atoms with E-state index in [1.165, 1.54) is 5.56 Å². The summed E-state index contributed by atoms with van der Waals surface area (Å²) in [5.41, 5.74) is 2.60. The summed E-state index contributed by atoms with van der Waals surface area (Å²) in [7, 11) is 0. The average molecular weight is 164 g/mol. The van der Waals surface area contributed by atoms with E-state index in [0.29, 0.717) is 5.41 Å². The van der Waals surface area contributed by atoms with Crippen molar-refractivity contribution in [2.75, 3.05) is 0 Å². The first-order valence-corrected chi connectivity index (χ1v) is 4.25. The summed E-state index contributed by atoms with van der Waals surface area (Å²) < 4.78 is 0. The molecule has 0 bridgehead atoms. The SMILES string of the molecule is Cc1cc(CC(C)(C)C)cnn1. The summed E-state index contributed by atoms with van der Waals surface area (Å²) in [5.74, 6) is 0. The van der Waals surface area contributed by atoms with Crippen LogP contribution >= 0.6 is 0 Å². The predicted octanol–water partition coefficient (Wildman–Crippen LogP) is 2.37. The Morgan fingerprint density at radius 3 is 2.50 bits per heavy atom. The highest BCUT2D eigenvalue weighted by Gasteiger charge is 2.11. The molecule has 0 amide bonds. The van der Waals surface area contributed by atoms with Crippen molar-refractivity contribution in [1.29, 1.82) is 0 Å². The normalized spacial score (nSPS) is 11.7. The highest BCUT2D eigenvalue weighted by atomic mass is 15.1. The Morgan fingerprint density at radius 2 is 2.00 bits per heavy atom. The van der Waals surface area contributed by atoms with Gasteiger partial charge in [0.15, 0.2) is 0 Å². The first kappa shape index (κ1) is 9.17. The van der Waals surface area contributed by atoms with E-state index in [-0.39, 0.29) is 0 Å². The second-order valence-corrected chi connectivity index (χ2v) is 4.44. The van der Waals surface area contributed by atoms with Crippen LogP contribution in [0.2, 0.25) is 0 Å². The number of aryl methyl sites for hydroxylation is 1. The van der Waals surface area contributed by atoms with Crippen LogP contribution in [0.3, 0.4) is 0 Å². The van der Waals surface area contributed by atoms with E-state index in [9.17, 15) is 0 Å². The lowest BCUT2D eigenvalue weighted by Gasteiger charge is -2.17. The average Bonchev–Trinajstić information content (AvgIpc) is 1.82. The fourth-order valence-electron chi connectivity index (χ4n) is 1.24. The molecule has 0 atom stereocenters. The van der Waals surface area contributed by atoms with Gasteiger partial charge in [0.1, 0.15) is 0 Å². The Labute approximate surface area is 74.0 Å². The zero-order chi connectivity index (χ0) is 9.19. The Morgan fingerprint density at radius 1 is 1.33 bits per heavy atom. The van der Waals surface area contributed by atoms with Gasteiger partial charge in [-0.1, -0.05) is 20.8 Å². The first-order chi connectivity index (χ1) is 5.47. The van der Waals surface area contributed by atoms with Gasteiger partial charge in [0.2, 0.25) is 0 Å². The zero-order valence-electron chi connectivity index (χ0n) is 8.26. The van der Waals surface area contributed by atoms with Gasteiger partial charge in [-0.05, 0) is 30.4 Å². The summed E-state index contributed by atoms with van der Waals surface area (Å²) in [6.07, 6.45) is 2.90. The Balaban J connectivity index is 2.77. The minimum Gasteiger partial charge on any atom is -0.159 e. The smallest absolute Gasteiger partial charge is 0.0602 e. The van der Waals surface area contributed by atoms with Crippen LogP contribution in [-0.2, 0) is 6.42 Å². The van der Waals surface area contributed by atoms with Crippen LogP contribution < -0.4 is 0 Å². The van der Waals surface area contributed by atoms with Crippen molar-refractivity contribution < 1.29 is 0 Å². The molecular weight excluding hydrogens is 148 g/mol. The van der Waals surface area contributed by atoms with Crippen LogP contribution in [0.25, 0.3) is 0 Å². The van der Waals surface area contributed by atoms with Gasteiger partial charge in [0, 0.05) is 0 Å². The van der Waals surface area contributed by atoms with E-state index in [4.69, 9.17) is 0 Å². The van der Waals surface area contributed by atoms with Gasteiger partial charge in [-0.25, -0.2) is 0 Å². The molecule has 0 radical (unpaired) electrons. The molecule has 1 heterocycles. The van der Waals surface area contributed by atoms with Crippen molar-refractivity contribution in [3.63, 3.8) is 0 Å². The molecule has 66 valence electrons. The van der Waals surface area contributed by atoms with Crippen LogP contribution in [0.4, 0.5) is 0 Å². The molecule has 0 saturated heterocycles. The maximum Gasteiger partial charge on any atom is 0.0602 e. The second kappa shape index (κ2) is 3.21. The first-order valence-electron chi connectivity index (χ1n) is 4.25. The van der Waals surface area contributed by atoms with Gasteiger partial charge >= 0.3 is 0 Å². The zero-order valence-corrected chi connectivity index (χ0v) is 8.26. The van der Waals surface area contributed by atoms with Crippen molar-refractivity contribution >= 4 is 0 Å². The van der Waals surface area contributed by atoms with Crippen LogP contribution in [0.5, 0.6) is 0 Å². The monoisotopic (exact) mass is 164 g/mol. The van der Waals surface area contributed by atoms with Crippen molar-refractivity contribution in [2.24, 2.45) is 5.41 Å². The lowest BCUT2D eigenvalue weighted by atomic mass is 9.89. The van der Waals surface area contributed by atoms with Crippen LogP contribution in [0, 0.1) is 12.3 Å². The molecule has 1 rings (SSSR count). The lowest BCUT2D eigenvalue weighted by molar-refractivity contribution is 0.410. The predicted molar refractivity (Wildman–Crippen MR) is 49.9 cm³/mol. The molecule has 2 heteroatoms. The van der Waals surface area contributed by atoms with Crippen molar-refractivity contribution in [3.05, 3.63) is 23.5 Å². The third kappa shape index (κ3) is 2.99. The third-order valence-corrected chi connectivity index (χ3v) is 1.57. The molecule has 0 fully saturated rings. The summed E-state index contributed by atoms with van der Waals surface area (Å²) in [4.78, 5) is 0. The molecule has 0 aliphatic heterocycles. The number of aromatic nitrogens is 2. The third-order valence-electron chi connectivity index (χ3n) is 1.57. The summed E-state index contributed by atoms with van der Waals surface area (Å²) in [5, 5.41) is 7.84. The fourth-order valence-corrected chi connectivity index (χ4v) is 1.24. The topological polar surface area (TPSA) is 25.8 Å². The molecule has 0 aliphatic rings. The van der Waals surface area contributed by atoms with Crippen molar-refractivity contribution in [1.82, 2.24) is 10.2 Å². The molecule has 0 unspecified atom stereocenters. The maximum atomic E-state index is 3.92. The van der Waals surface area contributed by atoms with E-state index in [1.807, 2.05) is 13.1 Å². The van der Waals surface area contributed by atoms with E-state index < -0.39 is 0 Å². The van der Waals surface area contributed by atoms with Crippen LogP contribution in [0.1, 0.15) is 32.0 Å². The van der Waals surface area contributed by atoms with Gasteiger partial charge < -0.3 is 0 Å². The molecule has 0 aromatic carbocycles. The number of hydrogen-bond acceptors (Lipinski definition) is 2. The van der Waals surface area contributed by atoms with Gasteiger partial charge in [-0.15, -0.1) is 0 Å². The summed E-state index contributed by atoms with van der Waals surface area (Å²) >= 11 is 0. The van der Waals surface area contributed by atoms with Crippen molar-refractivity contribution in [3.8, 4) is 0 Å². The largest absolute Gasteiger partial charge is 0.159 e. The lowest BCUT2D eigenvalue weighted by Crippen LogP contribution is -2.09. The molecule has 2 nitrogen and oxygen atoms in total. The minimum atomic E-state index is 0.329. The second-order valence-electron chi connectivity index (χ2n) is 4.44. The van der Waals surface area contributed by atoms with Gasteiger partial charge in [0.25, 0.3) is 0 Å². The molecule has 0 aliphatic carbocycles. The number of hydrogen-bond donors (Lipinski definition) is 0. The van der Waals surface area contributed by atoms with E-state index in [1.54, 1.807) is 0 Å². The summed E-state index contributed by atoms with van der Waals surface area (Å²) in [6, 6.07) is 2.10.